The molecule has 0 heterocycles. The van der Waals surface area contributed by atoms with Crippen LogP contribution >= 0.6 is 0 Å². The molecule has 0 saturated carbocycles. The number of benzene rings is 1. The monoisotopic (exact) mass is 273 g/mol. The molecule has 1 aliphatic rings. The number of hydrogen-bond acceptors (Lipinski definition) is 1. The lowest BCUT2D eigenvalue weighted by molar-refractivity contribution is 0.318. The Labute approximate surface area is 125 Å². The Balaban J connectivity index is 2.54. The van der Waals surface area contributed by atoms with Crippen molar-refractivity contribution in [1.29, 1.82) is 0 Å². The van der Waals surface area contributed by atoms with Gasteiger partial charge in [0.2, 0.25) is 0 Å². The van der Waals surface area contributed by atoms with Gasteiger partial charge >= 0.3 is 0 Å². The van der Waals surface area contributed by atoms with Gasteiger partial charge in [-0.1, -0.05) is 66.7 Å². The van der Waals surface area contributed by atoms with Crippen LogP contribution in [-0.2, 0) is 10.8 Å². The number of fused-ring (bicyclic) bond motifs is 1. The quantitative estimate of drug-likeness (QED) is 0.758. The topological polar surface area (TPSA) is 26.0 Å². The zero-order valence-electron chi connectivity index (χ0n) is 14.3. The van der Waals surface area contributed by atoms with Gasteiger partial charge in [0.05, 0.1) is 0 Å². The minimum atomic E-state index is 0.0913. The first-order chi connectivity index (χ1) is 8.95. The molecule has 1 heteroatoms. The predicted octanol–water partition coefficient (Wildman–Crippen LogP) is 5.08. The van der Waals surface area contributed by atoms with Crippen LogP contribution in [0.2, 0.25) is 0 Å². The van der Waals surface area contributed by atoms with E-state index >= 15 is 0 Å². The number of hydrogen-bond donors (Lipinski definition) is 1. The van der Waals surface area contributed by atoms with E-state index in [2.05, 4.69) is 66.7 Å². The molecule has 112 valence electrons. The molecule has 20 heavy (non-hydrogen) atoms. The fourth-order valence-corrected chi connectivity index (χ4v) is 3.30. The highest BCUT2D eigenvalue weighted by Crippen LogP contribution is 2.46. The van der Waals surface area contributed by atoms with Gasteiger partial charge < -0.3 is 5.73 Å². The van der Waals surface area contributed by atoms with E-state index in [4.69, 9.17) is 5.73 Å². The highest BCUT2D eigenvalue weighted by molar-refractivity contribution is 5.44. The first-order valence-electron chi connectivity index (χ1n) is 7.86. The van der Waals surface area contributed by atoms with Crippen LogP contribution < -0.4 is 5.73 Å². The SMILES string of the molecule is CC1(C)CCC(C)(C)c2cc(C(N)C(C)(C)C)ccc21. The van der Waals surface area contributed by atoms with Crippen LogP contribution in [-0.4, -0.2) is 0 Å². The van der Waals surface area contributed by atoms with Gasteiger partial charge in [0.25, 0.3) is 0 Å². The van der Waals surface area contributed by atoms with E-state index in [1.807, 2.05) is 0 Å². The van der Waals surface area contributed by atoms with Crippen molar-refractivity contribution in [1.82, 2.24) is 0 Å². The fourth-order valence-electron chi connectivity index (χ4n) is 3.30. The lowest BCUT2D eigenvalue weighted by Gasteiger charge is -2.42. The second-order valence-electron chi connectivity index (χ2n) is 8.92. The normalized spacial score (nSPS) is 22.2. The van der Waals surface area contributed by atoms with E-state index in [9.17, 15) is 0 Å². The molecule has 1 nitrogen and oxygen atoms in total. The molecule has 0 amide bonds. The van der Waals surface area contributed by atoms with Crippen LogP contribution in [0.25, 0.3) is 0 Å². The summed E-state index contributed by atoms with van der Waals surface area (Å²) in [7, 11) is 0. The highest BCUT2D eigenvalue weighted by Gasteiger charge is 2.37. The molecule has 0 bridgehead atoms. The number of nitrogens with two attached hydrogens (primary N) is 1. The molecule has 1 aliphatic carbocycles. The fraction of sp³-hybridized carbons (Fsp3) is 0.684. The molecule has 0 spiro atoms. The maximum absolute atomic E-state index is 6.46. The molecule has 0 saturated heterocycles. The van der Waals surface area contributed by atoms with Crippen LogP contribution in [0, 0.1) is 5.41 Å². The van der Waals surface area contributed by atoms with Gasteiger partial charge in [0.15, 0.2) is 0 Å². The summed E-state index contributed by atoms with van der Waals surface area (Å²) >= 11 is 0. The van der Waals surface area contributed by atoms with Crippen molar-refractivity contribution in [3.63, 3.8) is 0 Å². The van der Waals surface area contributed by atoms with E-state index in [0.717, 1.165) is 0 Å². The van der Waals surface area contributed by atoms with E-state index in [0.29, 0.717) is 0 Å². The highest BCUT2D eigenvalue weighted by atomic mass is 14.7. The first kappa shape index (κ1) is 15.6. The average molecular weight is 273 g/mol. The van der Waals surface area contributed by atoms with Crippen molar-refractivity contribution >= 4 is 0 Å². The van der Waals surface area contributed by atoms with E-state index < -0.39 is 0 Å². The lowest BCUT2D eigenvalue weighted by Crippen LogP contribution is -2.34. The van der Waals surface area contributed by atoms with Crippen molar-refractivity contribution in [2.24, 2.45) is 11.1 Å². The van der Waals surface area contributed by atoms with Crippen molar-refractivity contribution in [2.45, 2.75) is 78.2 Å². The third-order valence-corrected chi connectivity index (χ3v) is 5.17. The molecular formula is C19H31N. The van der Waals surface area contributed by atoms with Gasteiger partial charge in [0, 0.05) is 6.04 Å². The Morgan fingerprint density at radius 1 is 0.950 bits per heavy atom. The molecule has 1 aromatic rings. The summed E-state index contributed by atoms with van der Waals surface area (Å²) in [6.07, 6.45) is 2.51. The van der Waals surface area contributed by atoms with Crippen LogP contribution in [0.3, 0.4) is 0 Å². The van der Waals surface area contributed by atoms with Crippen LogP contribution in [0.4, 0.5) is 0 Å². The minimum Gasteiger partial charge on any atom is -0.324 e. The van der Waals surface area contributed by atoms with Crippen molar-refractivity contribution in [3.8, 4) is 0 Å². The third-order valence-electron chi connectivity index (χ3n) is 5.17. The first-order valence-corrected chi connectivity index (χ1v) is 7.86. The summed E-state index contributed by atoms with van der Waals surface area (Å²) in [4.78, 5) is 0. The third kappa shape index (κ3) is 2.65. The summed E-state index contributed by atoms with van der Waals surface area (Å²) in [5.41, 5.74) is 11.4. The van der Waals surface area contributed by atoms with E-state index in [1.165, 1.54) is 29.5 Å². The molecule has 2 N–H and O–H groups in total. The zero-order chi connectivity index (χ0) is 15.3. The molecule has 0 aromatic heterocycles. The van der Waals surface area contributed by atoms with Gasteiger partial charge in [-0.05, 0) is 45.8 Å². The van der Waals surface area contributed by atoms with Crippen LogP contribution in [0.1, 0.15) is 84.0 Å². The van der Waals surface area contributed by atoms with Crippen molar-refractivity contribution in [3.05, 3.63) is 34.9 Å². The predicted molar refractivity (Wildman–Crippen MR) is 88.1 cm³/mol. The maximum atomic E-state index is 6.46. The Hall–Kier alpha value is -0.820. The Morgan fingerprint density at radius 3 is 1.95 bits per heavy atom. The van der Waals surface area contributed by atoms with Crippen molar-refractivity contribution in [2.75, 3.05) is 0 Å². The molecule has 0 fully saturated rings. The van der Waals surface area contributed by atoms with Crippen LogP contribution in [0.5, 0.6) is 0 Å². The second-order valence-corrected chi connectivity index (χ2v) is 8.92. The Morgan fingerprint density at radius 2 is 1.45 bits per heavy atom. The summed E-state index contributed by atoms with van der Waals surface area (Å²) in [6, 6.07) is 7.05. The standard InChI is InChI=1S/C19H31N/c1-17(2,3)16(20)13-8-9-14-15(12-13)19(6,7)11-10-18(14,4)5/h8-9,12,16H,10-11,20H2,1-7H3. The summed E-state index contributed by atoms with van der Waals surface area (Å²) in [5.74, 6) is 0. The zero-order valence-corrected chi connectivity index (χ0v) is 14.3. The van der Waals surface area contributed by atoms with Crippen LogP contribution in [0.15, 0.2) is 18.2 Å². The molecule has 0 radical (unpaired) electrons. The van der Waals surface area contributed by atoms with Gasteiger partial charge in [-0.25, -0.2) is 0 Å². The van der Waals surface area contributed by atoms with E-state index in [-0.39, 0.29) is 22.3 Å². The average Bonchev–Trinajstić information content (AvgIpc) is 2.33. The smallest absolute Gasteiger partial charge is 0.0344 e. The van der Waals surface area contributed by atoms with Crippen molar-refractivity contribution < 1.29 is 0 Å². The largest absolute Gasteiger partial charge is 0.324 e. The Kier molecular flexibility index (Phi) is 3.57. The van der Waals surface area contributed by atoms with Gasteiger partial charge in [-0.3, -0.25) is 0 Å². The van der Waals surface area contributed by atoms with Gasteiger partial charge in [-0.2, -0.15) is 0 Å². The minimum absolute atomic E-state index is 0.0913. The molecule has 1 aromatic carbocycles. The maximum Gasteiger partial charge on any atom is 0.0344 e. The molecule has 2 rings (SSSR count). The summed E-state index contributed by atoms with van der Waals surface area (Å²) in [6.45, 7) is 16.1. The molecule has 0 aliphatic heterocycles. The molecule has 1 atom stereocenters. The summed E-state index contributed by atoms with van der Waals surface area (Å²) < 4.78 is 0. The number of rotatable bonds is 1. The molecule has 1 unspecified atom stereocenters. The van der Waals surface area contributed by atoms with E-state index in [1.54, 1.807) is 0 Å². The van der Waals surface area contributed by atoms with Gasteiger partial charge in [-0.15, -0.1) is 0 Å². The lowest BCUT2D eigenvalue weighted by atomic mass is 9.62. The Bertz CT molecular complexity index is 503. The van der Waals surface area contributed by atoms with Gasteiger partial charge in [0.1, 0.15) is 0 Å². The second kappa shape index (κ2) is 4.59. The summed E-state index contributed by atoms with van der Waals surface area (Å²) in [5, 5.41) is 0. The molecular weight excluding hydrogens is 242 g/mol.